The Labute approximate surface area is 169 Å². The van der Waals surface area contributed by atoms with E-state index in [9.17, 15) is 4.79 Å². The second kappa shape index (κ2) is 7.17. The number of hydrogen-bond acceptors (Lipinski definition) is 8. The molecule has 0 aliphatic rings. The van der Waals surface area contributed by atoms with E-state index in [-0.39, 0.29) is 29.2 Å². The van der Waals surface area contributed by atoms with E-state index in [0.717, 1.165) is 22.3 Å². The third-order valence-corrected chi connectivity index (χ3v) is 4.74. The molecule has 3 aromatic heterocycles. The second-order valence-corrected chi connectivity index (χ2v) is 6.57. The number of H-pyrrole nitrogens is 1. The van der Waals surface area contributed by atoms with Gasteiger partial charge in [0.1, 0.15) is 0 Å². The minimum atomic E-state index is -0.322. The molecule has 30 heavy (non-hydrogen) atoms. The molecule has 0 atom stereocenters. The number of nitrogens with two attached hydrogens (primary N) is 1. The van der Waals surface area contributed by atoms with Gasteiger partial charge in [0.05, 0.1) is 6.54 Å². The smallest absolute Gasteiger partial charge is 0.283 e. The fourth-order valence-electron chi connectivity index (χ4n) is 3.29. The monoisotopic (exact) mass is 397 g/mol. The van der Waals surface area contributed by atoms with Gasteiger partial charge in [0.2, 0.25) is 11.8 Å². The first-order valence-corrected chi connectivity index (χ1v) is 9.10. The number of benzene rings is 2. The summed E-state index contributed by atoms with van der Waals surface area (Å²) in [5.74, 6) is 0.622. The molecule has 3 heterocycles. The Morgan fingerprint density at radius 3 is 2.50 bits per heavy atom. The maximum atomic E-state index is 12.7. The molecule has 0 spiro atoms. The number of anilines is 1. The van der Waals surface area contributed by atoms with Crippen molar-refractivity contribution in [2.45, 2.75) is 6.54 Å². The van der Waals surface area contributed by atoms with Gasteiger partial charge >= 0.3 is 0 Å². The number of nitrogen functional groups attached to an aromatic ring is 1. The zero-order chi connectivity index (χ0) is 20.5. The Kier molecular flexibility index (Phi) is 4.21. The Bertz CT molecular complexity index is 1390. The van der Waals surface area contributed by atoms with Crippen molar-refractivity contribution in [2.75, 3.05) is 5.73 Å². The van der Waals surface area contributed by atoms with Gasteiger partial charge < -0.3 is 5.73 Å². The van der Waals surface area contributed by atoms with Gasteiger partial charge in [-0.25, -0.2) is 9.97 Å². The molecule has 0 amide bonds. The van der Waals surface area contributed by atoms with Crippen LogP contribution in [0.3, 0.4) is 0 Å². The molecule has 0 aliphatic carbocycles. The van der Waals surface area contributed by atoms with Crippen molar-refractivity contribution in [3.8, 4) is 22.5 Å². The Hall–Kier alpha value is -4.47. The van der Waals surface area contributed by atoms with E-state index >= 15 is 0 Å². The molecule has 0 bridgehead atoms. The van der Waals surface area contributed by atoms with Crippen molar-refractivity contribution in [2.24, 2.45) is 0 Å². The van der Waals surface area contributed by atoms with Gasteiger partial charge in [0.25, 0.3) is 5.56 Å². The van der Waals surface area contributed by atoms with Crippen molar-refractivity contribution >= 4 is 17.1 Å². The van der Waals surface area contributed by atoms with Crippen LogP contribution in [0.4, 0.5) is 5.95 Å². The van der Waals surface area contributed by atoms with E-state index in [2.05, 4.69) is 35.6 Å². The zero-order valence-electron chi connectivity index (χ0n) is 15.6. The number of aromatic nitrogens is 8. The number of fused-ring (bicyclic) bond motifs is 1. The van der Waals surface area contributed by atoms with Crippen LogP contribution >= 0.6 is 0 Å². The van der Waals surface area contributed by atoms with Crippen molar-refractivity contribution in [3.05, 3.63) is 76.8 Å². The third-order valence-electron chi connectivity index (χ3n) is 4.74. The summed E-state index contributed by atoms with van der Waals surface area (Å²) < 4.78 is 1.39. The topological polar surface area (TPSA) is 141 Å². The summed E-state index contributed by atoms with van der Waals surface area (Å²) >= 11 is 0. The molecule has 5 rings (SSSR count). The average molecular weight is 397 g/mol. The van der Waals surface area contributed by atoms with E-state index in [0.29, 0.717) is 5.82 Å². The molecule has 10 nitrogen and oxygen atoms in total. The van der Waals surface area contributed by atoms with Gasteiger partial charge in [-0.2, -0.15) is 10.2 Å². The molecule has 2 aromatic carbocycles. The van der Waals surface area contributed by atoms with Crippen molar-refractivity contribution in [3.63, 3.8) is 0 Å². The van der Waals surface area contributed by atoms with Crippen LogP contribution in [0, 0.1) is 0 Å². The van der Waals surface area contributed by atoms with E-state index < -0.39 is 0 Å². The highest BCUT2D eigenvalue weighted by atomic mass is 16.1. The largest absolute Gasteiger partial charge is 0.369 e. The predicted octanol–water partition coefficient (Wildman–Crippen LogP) is 1.66. The molecule has 5 aromatic rings. The minimum Gasteiger partial charge on any atom is -0.369 e. The fourth-order valence-corrected chi connectivity index (χ4v) is 3.29. The molecule has 0 saturated heterocycles. The molecular weight excluding hydrogens is 382 g/mol. The lowest BCUT2D eigenvalue weighted by Gasteiger charge is -2.11. The summed E-state index contributed by atoms with van der Waals surface area (Å²) in [6.07, 6.45) is 2.94. The van der Waals surface area contributed by atoms with Crippen LogP contribution in [0.2, 0.25) is 0 Å². The highest BCUT2D eigenvalue weighted by molar-refractivity contribution is 5.80. The number of aromatic amines is 1. The van der Waals surface area contributed by atoms with Gasteiger partial charge in [0.15, 0.2) is 11.2 Å². The highest BCUT2D eigenvalue weighted by Crippen LogP contribution is 2.29. The lowest BCUT2D eigenvalue weighted by atomic mass is 9.98. The summed E-state index contributed by atoms with van der Waals surface area (Å²) in [6.45, 7) is 0.275. The van der Waals surface area contributed by atoms with Gasteiger partial charge in [0, 0.05) is 18.0 Å². The van der Waals surface area contributed by atoms with E-state index in [1.54, 1.807) is 0 Å². The van der Waals surface area contributed by atoms with Crippen LogP contribution in [0.25, 0.3) is 33.7 Å². The van der Waals surface area contributed by atoms with Crippen LogP contribution in [0.5, 0.6) is 0 Å². The van der Waals surface area contributed by atoms with Crippen LogP contribution in [0.15, 0.2) is 65.7 Å². The quantitative estimate of drug-likeness (QED) is 0.466. The number of nitrogens with one attached hydrogen (secondary N) is 1. The minimum absolute atomic E-state index is 0.0968. The summed E-state index contributed by atoms with van der Waals surface area (Å²) in [5, 5.41) is 14.3. The molecule has 0 unspecified atom stereocenters. The fraction of sp³-hybridized carbons (Fsp3) is 0.0500. The standard InChI is InChI=1S/C20H15N9O/c21-20-24-18-16(22-9-10-23-18)19(30)29(20)11-12-5-7-13(8-6-12)14-3-1-2-4-15(14)17-25-27-28-26-17/h1-10H,11H2,(H2,21,23,24)(H,25,26,27,28). The molecule has 146 valence electrons. The van der Waals surface area contributed by atoms with E-state index in [4.69, 9.17) is 5.73 Å². The summed E-state index contributed by atoms with van der Waals surface area (Å²) in [5.41, 5.74) is 9.84. The lowest BCUT2D eigenvalue weighted by molar-refractivity contribution is 0.759. The van der Waals surface area contributed by atoms with Crippen LogP contribution in [-0.2, 0) is 6.54 Å². The van der Waals surface area contributed by atoms with Crippen molar-refractivity contribution in [1.82, 2.24) is 40.1 Å². The Balaban J connectivity index is 1.49. The number of nitrogens with zero attached hydrogens (tertiary/aromatic N) is 7. The van der Waals surface area contributed by atoms with Crippen LogP contribution < -0.4 is 11.3 Å². The van der Waals surface area contributed by atoms with Gasteiger partial charge in [-0.15, -0.1) is 10.2 Å². The lowest BCUT2D eigenvalue weighted by Crippen LogP contribution is -2.26. The molecule has 0 aliphatic heterocycles. The molecule has 0 saturated carbocycles. The first-order chi connectivity index (χ1) is 14.7. The normalized spacial score (nSPS) is 11.1. The van der Waals surface area contributed by atoms with Gasteiger partial charge in [-0.05, 0) is 21.9 Å². The third kappa shape index (κ3) is 3.05. The van der Waals surface area contributed by atoms with Gasteiger partial charge in [-0.1, -0.05) is 48.5 Å². The van der Waals surface area contributed by atoms with Crippen LogP contribution in [-0.4, -0.2) is 40.1 Å². The second-order valence-electron chi connectivity index (χ2n) is 6.57. The average Bonchev–Trinajstić information content (AvgIpc) is 3.32. The maximum Gasteiger partial charge on any atom is 0.283 e. The van der Waals surface area contributed by atoms with Crippen molar-refractivity contribution < 1.29 is 0 Å². The molecular formula is C20H15N9O. The molecule has 0 fully saturated rings. The highest BCUT2D eigenvalue weighted by Gasteiger charge is 2.13. The Morgan fingerprint density at radius 2 is 1.73 bits per heavy atom. The maximum absolute atomic E-state index is 12.7. The van der Waals surface area contributed by atoms with Gasteiger partial charge in [-0.3, -0.25) is 9.36 Å². The van der Waals surface area contributed by atoms with E-state index in [1.165, 1.54) is 17.0 Å². The van der Waals surface area contributed by atoms with E-state index in [1.807, 2.05) is 48.5 Å². The number of tetrazole rings is 1. The Morgan fingerprint density at radius 1 is 0.967 bits per heavy atom. The predicted molar refractivity (Wildman–Crippen MR) is 110 cm³/mol. The SMILES string of the molecule is Nc1nc2nccnc2c(=O)n1Cc1ccc(-c2ccccc2-c2nn[nH]n2)cc1. The first-order valence-electron chi connectivity index (χ1n) is 9.10. The van der Waals surface area contributed by atoms with Crippen molar-refractivity contribution in [1.29, 1.82) is 0 Å². The zero-order valence-corrected chi connectivity index (χ0v) is 15.6. The summed E-state index contributed by atoms with van der Waals surface area (Å²) in [7, 11) is 0. The van der Waals surface area contributed by atoms with Crippen LogP contribution in [0.1, 0.15) is 5.56 Å². The summed E-state index contributed by atoms with van der Waals surface area (Å²) in [4.78, 5) is 25.0. The number of rotatable bonds is 4. The summed E-state index contributed by atoms with van der Waals surface area (Å²) in [6, 6.07) is 15.6. The number of hydrogen-bond donors (Lipinski definition) is 2. The first kappa shape index (κ1) is 17.6. The molecule has 0 radical (unpaired) electrons. The molecule has 3 N–H and O–H groups in total. The molecule has 10 heteroatoms.